The molecule has 1 N–H and O–H groups in total. The van der Waals surface area contributed by atoms with Gasteiger partial charge in [-0.1, -0.05) is 48.5 Å². The van der Waals surface area contributed by atoms with Crippen molar-refractivity contribution in [3.63, 3.8) is 0 Å². The highest BCUT2D eigenvalue weighted by molar-refractivity contribution is 6.04. The van der Waals surface area contributed by atoms with Crippen molar-refractivity contribution in [3.8, 4) is 5.88 Å². The molecule has 7 heteroatoms. The van der Waals surface area contributed by atoms with Crippen LogP contribution in [0.1, 0.15) is 23.6 Å². The number of hydrazone groups is 1. The third-order valence-corrected chi connectivity index (χ3v) is 5.04. The number of hydrogen-bond donors (Lipinski definition) is 1. The zero-order valence-electron chi connectivity index (χ0n) is 15.6. The predicted molar refractivity (Wildman–Crippen MR) is 108 cm³/mol. The molecule has 0 radical (unpaired) electrons. The van der Waals surface area contributed by atoms with Crippen LogP contribution in [0.25, 0.3) is 0 Å². The molecule has 0 unspecified atom stereocenters. The van der Waals surface area contributed by atoms with Gasteiger partial charge >= 0.3 is 5.69 Å². The van der Waals surface area contributed by atoms with E-state index in [0.29, 0.717) is 12.1 Å². The summed E-state index contributed by atoms with van der Waals surface area (Å²) in [7, 11) is 2.83. The van der Waals surface area contributed by atoms with Crippen molar-refractivity contribution in [1.82, 2.24) is 9.13 Å². The largest absolute Gasteiger partial charge is 0.494 e. The Morgan fingerprint density at radius 1 is 0.929 bits per heavy atom. The lowest BCUT2D eigenvalue weighted by molar-refractivity contribution is 0.410. The Labute approximate surface area is 161 Å². The molecule has 0 saturated carbocycles. The molecule has 2 heterocycles. The average molecular weight is 376 g/mol. The van der Waals surface area contributed by atoms with Crippen molar-refractivity contribution in [2.24, 2.45) is 19.2 Å². The Morgan fingerprint density at radius 2 is 1.54 bits per heavy atom. The summed E-state index contributed by atoms with van der Waals surface area (Å²) in [5, 5.41) is 17.0. The lowest BCUT2D eigenvalue weighted by atomic mass is 9.99. The van der Waals surface area contributed by atoms with E-state index in [0.717, 1.165) is 20.4 Å². The van der Waals surface area contributed by atoms with Crippen LogP contribution < -0.4 is 16.3 Å². The second-order valence-electron chi connectivity index (χ2n) is 6.76. The van der Waals surface area contributed by atoms with Crippen molar-refractivity contribution in [2.45, 2.75) is 12.5 Å². The number of nitrogens with zero attached hydrogens (tertiary/aromatic N) is 4. The van der Waals surface area contributed by atoms with Crippen molar-refractivity contribution in [3.05, 3.63) is 92.6 Å². The third kappa shape index (κ3) is 2.81. The molecule has 1 aliphatic heterocycles. The maximum absolute atomic E-state index is 12.7. The van der Waals surface area contributed by atoms with E-state index in [-0.39, 0.29) is 17.5 Å². The molecule has 4 rings (SSSR count). The highest BCUT2D eigenvalue weighted by Gasteiger charge is 2.33. The minimum atomic E-state index is -0.579. The van der Waals surface area contributed by atoms with Crippen molar-refractivity contribution in [2.75, 3.05) is 5.01 Å². The van der Waals surface area contributed by atoms with Crippen LogP contribution in [0, 0.1) is 0 Å². The summed E-state index contributed by atoms with van der Waals surface area (Å²) in [6.07, 6.45) is 0.430. The molecule has 0 saturated heterocycles. The van der Waals surface area contributed by atoms with Crippen LogP contribution in [0.2, 0.25) is 0 Å². The summed E-state index contributed by atoms with van der Waals surface area (Å²) in [6.45, 7) is 0. The Hall–Kier alpha value is -3.61. The van der Waals surface area contributed by atoms with Crippen LogP contribution >= 0.6 is 0 Å². The van der Waals surface area contributed by atoms with Gasteiger partial charge in [-0.15, -0.1) is 0 Å². The monoisotopic (exact) mass is 376 g/mol. The Morgan fingerprint density at radius 3 is 2.18 bits per heavy atom. The third-order valence-electron chi connectivity index (χ3n) is 5.04. The van der Waals surface area contributed by atoms with Gasteiger partial charge in [0.1, 0.15) is 5.56 Å². The number of para-hydroxylation sites is 1. The number of hydrogen-bond acceptors (Lipinski definition) is 5. The summed E-state index contributed by atoms with van der Waals surface area (Å²) in [4.78, 5) is 24.8. The SMILES string of the molecule is Cn1c(O)c(C2=NN(c3ccccc3)[C@H](c3ccccc3)C2)c(=O)n(C)c1=O. The van der Waals surface area contributed by atoms with Gasteiger partial charge in [0.2, 0.25) is 5.88 Å². The lowest BCUT2D eigenvalue weighted by Gasteiger charge is -2.23. The van der Waals surface area contributed by atoms with Gasteiger partial charge < -0.3 is 5.11 Å². The van der Waals surface area contributed by atoms with Crippen LogP contribution in [-0.4, -0.2) is 20.0 Å². The normalized spacial score (nSPS) is 16.3. The van der Waals surface area contributed by atoms with Crippen LogP contribution in [0.4, 0.5) is 5.69 Å². The van der Waals surface area contributed by atoms with Crippen LogP contribution in [0.3, 0.4) is 0 Å². The molecule has 0 aliphatic carbocycles. The van der Waals surface area contributed by atoms with Gasteiger partial charge in [0, 0.05) is 20.5 Å². The Kier molecular flexibility index (Phi) is 4.35. The Bertz CT molecular complexity index is 1160. The second kappa shape index (κ2) is 6.84. The molecule has 0 amide bonds. The van der Waals surface area contributed by atoms with E-state index in [1.165, 1.54) is 14.1 Å². The van der Waals surface area contributed by atoms with Gasteiger partial charge in [0.15, 0.2) is 0 Å². The zero-order chi connectivity index (χ0) is 19.8. The van der Waals surface area contributed by atoms with Crippen LogP contribution in [-0.2, 0) is 14.1 Å². The molecule has 3 aromatic rings. The van der Waals surface area contributed by atoms with Gasteiger partial charge in [-0.25, -0.2) is 4.79 Å². The summed E-state index contributed by atoms with van der Waals surface area (Å²) in [5.41, 5.74) is 1.31. The van der Waals surface area contributed by atoms with E-state index in [9.17, 15) is 14.7 Å². The molecule has 142 valence electrons. The molecule has 2 aromatic carbocycles. The van der Waals surface area contributed by atoms with Crippen molar-refractivity contribution in [1.29, 1.82) is 0 Å². The summed E-state index contributed by atoms with van der Waals surface area (Å²) in [6, 6.07) is 19.4. The van der Waals surface area contributed by atoms with E-state index in [1.54, 1.807) is 0 Å². The fourth-order valence-corrected chi connectivity index (χ4v) is 3.50. The lowest BCUT2D eigenvalue weighted by Crippen LogP contribution is -2.39. The fourth-order valence-electron chi connectivity index (χ4n) is 3.50. The smallest absolute Gasteiger partial charge is 0.333 e. The minimum absolute atomic E-state index is 0.0592. The molecule has 28 heavy (non-hydrogen) atoms. The number of aromatic hydroxyl groups is 1. The van der Waals surface area contributed by atoms with Crippen LogP contribution in [0.15, 0.2) is 75.4 Å². The second-order valence-corrected chi connectivity index (χ2v) is 6.76. The first kappa shape index (κ1) is 17.8. The van der Waals surface area contributed by atoms with E-state index in [4.69, 9.17) is 0 Å². The van der Waals surface area contributed by atoms with Gasteiger partial charge in [-0.05, 0) is 17.7 Å². The molecule has 0 spiro atoms. The maximum atomic E-state index is 12.7. The molecule has 1 aromatic heterocycles. The van der Waals surface area contributed by atoms with Crippen molar-refractivity contribution < 1.29 is 5.11 Å². The maximum Gasteiger partial charge on any atom is 0.333 e. The quantitative estimate of drug-likeness (QED) is 0.760. The Balaban J connectivity index is 1.88. The number of aromatic nitrogens is 2. The predicted octanol–water partition coefficient (Wildman–Crippen LogP) is 2.15. The average Bonchev–Trinajstić information content (AvgIpc) is 3.17. The molecule has 1 atom stereocenters. The van der Waals surface area contributed by atoms with Gasteiger partial charge in [-0.3, -0.25) is 18.9 Å². The van der Waals surface area contributed by atoms with E-state index in [2.05, 4.69) is 5.10 Å². The molecule has 0 bridgehead atoms. The van der Waals surface area contributed by atoms with E-state index in [1.807, 2.05) is 65.7 Å². The highest BCUT2D eigenvalue weighted by Crippen LogP contribution is 2.36. The molecule has 1 aliphatic rings. The first-order valence-corrected chi connectivity index (χ1v) is 8.95. The van der Waals surface area contributed by atoms with Gasteiger partial charge in [-0.2, -0.15) is 5.10 Å². The minimum Gasteiger partial charge on any atom is -0.494 e. The van der Waals surface area contributed by atoms with Crippen LogP contribution in [0.5, 0.6) is 5.88 Å². The number of benzene rings is 2. The van der Waals surface area contributed by atoms with Gasteiger partial charge in [0.25, 0.3) is 5.56 Å². The first-order valence-electron chi connectivity index (χ1n) is 8.95. The fraction of sp³-hybridized carbons (Fsp3) is 0.190. The zero-order valence-corrected chi connectivity index (χ0v) is 15.6. The summed E-state index contributed by atoms with van der Waals surface area (Å²) < 4.78 is 2.04. The van der Waals surface area contributed by atoms with E-state index < -0.39 is 11.2 Å². The molecular weight excluding hydrogens is 356 g/mol. The molecule has 0 fully saturated rings. The van der Waals surface area contributed by atoms with Crippen molar-refractivity contribution >= 4 is 11.4 Å². The number of rotatable bonds is 3. The van der Waals surface area contributed by atoms with Gasteiger partial charge in [0.05, 0.1) is 17.4 Å². The molecule has 7 nitrogen and oxygen atoms in total. The first-order chi connectivity index (χ1) is 13.5. The number of anilines is 1. The molecular formula is C21H20N4O3. The summed E-state index contributed by atoms with van der Waals surface area (Å²) in [5.74, 6) is -0.367. The summed E-state index contributed by atoms with van der Waals surface area (Å²) >= 11 is 0. The van der Waals surface area contributed by atoms with E-state index >= 15 is 0 Å². The topological polar surface area (TPSA) is 79.8 Å². The standard InChI is InChI=1S/C21H20N4O3/c1-23-19(26)18(20(27)24(2)21(23)28)16-13-17(14-9-5-3-6-10-14)25(22-16)15-11-7-4-8-12-15/h3-12,17,26H,13H2,1-2H3/t17-/m0/s1. The highest BCUT2D eigenvalue weighted by atomic mass is 16.3.